The number of aromatic nitrogens is 4. The summed E-state index contributed by atoms with van der Waals surface area (Å²) in [5.41, 5.74) is 0.924. The van der Waals surface area contributed by atoms with Crippen LogP contribution < -0.4 is 0 Å². The van der Waals surface area contributed by atoms with Gasteiger partial charge >= 0.3 is 0 Å². The minimum atomic E-state index is 0.277. The van der Waals surface area contributed by atoms with Gasteiger partial charge in [0.15, 0.2) is 10.6 Å². The molecule has 0 aliphatic carbocycles. The van der Waals surface area contributed by atoms with Crippen molar-refractivity contribution in [1.29, 1.82) is 0 Å². The molecule has 0 amide bonds. The van der Waals surface area contributed by atoms with Crippen LogP contribution in [0.5, 0.6) is 0 Å². The van der Waals surface area contributed by atoms with E-state index in [2.05, 4.69) is 41.4 Å². The van der Waals surface area contributed by atoms with Crippen LogP contribution in [0.3, 0.4) is 0 Å². The second-order valence-corrected chi connectivity index (χ2v) is 7.95. The van der Waals surface area contributed by atoms with Gasteiger partial charge in [-0.2, -0.15) is 5.10 Å². The van der Waals surface area contributed by atoms with E-state index in [1.165, 1.54) is 4.88 Å². The van der Waals surface area contributed by atoms with E-state index in [0.29, 0.717) is 18.0 Å². The van der Waals surface area contributed by atoms with Gasteiger partial charge in [-0.3, -0.25) is 14.5 Å². The molecule has 4 aromatic heterocycles. The first-order valence-corrected chi connectivity index (χ1v) is 10.3. The summed E-state index contributed by atoms with van der Waals surface area (Å²) in [5, 5.41) is 6.92. The van der Waals surface area contributed by atoms with Crippen molar-refractivity contribution in [2.45, 2.75) is 26.2 Å². The molecule has 0 aliphatic heterocycles. The van der Waals surface area contributed by atoms with Crippen molar-refractivity contribution in [1.82, 2.24) is 24.2 Å². The van der Waals surface area contributed by atoms with E-state index < -0.39 is 0 Å². The van der Waals surface area contributed by atoms with E-state index in [-0.39, 0.29) is 6.04 Å². The molecule has 144 valence electrons. The molecule has 8 heteroatoms. The largest absolute Gasteiger partial charge is 0.467 e. The monoisotopic (exact) mass is 411 g/mol. The Balaban J connectivity index is 1.68. The molecular formula is C20H21N5OS2. The summed E-state index contributed by atoms with van der Waals surface area (Å²) in [6.07, 6.45) is 5.23. The van der Waals surface area contributed by atoms with Gasteiger partial charge in [-0.25, -0.2) is 4.68 Å². The fraction of sp³-hybridized carbons (Fsp3) is 0.250. The van der Waals surface area contributed by atoms with Crippen LogP contribution in [-0.2, 0) is 13.2 Å². The van der Waals surface area contributed by atoms with Gasteiger partial charge in [0.2, 0.25) is 0 Å². The first-order chi connectivity index (χ1) is 13.6. The zero-order valence-electron chi connectivity index (χ0n) is 15.7. The molecule has 0 fully saturated rings. The Morgan fingerprint density at radius 1 is 1.25 bits per heavy atom. The van der Waals surface area contributed by atoms with E-state index in [1.807, 2.05) is 33.5 Å². The maximum absolute atomic E-state index is 5.77. The normalized spacial score (nSPS) is 12.5. The number of rotatable bonds is 7. The highest BCUT2D eigenvalue weighted by molar-refractivity contribution is 7.71. The van der Waals surface area contributed by atoms with Crippen LogP contribution in [0.1, 0.15) is 23.6 Å². The van der Waals surface area contributed by atoms with Crippen LogP contribution in [0.2, 0.25) is 0 Å². The highest BCUT2D eigenvalue weighted by Crippen LogP contribution is 2.25. The Morgan fingerprint density at radius 2 is 2.14 bits per heavy atom. The van der Waals surface area contributed by atoms with Gasteiger partial charge in [-0.05, 0) is 61.9 Å². The number of pyridine rings is 1. The Bertz CT molecular complexity index is 1070. The van der Waals surface area contributed by atoms with Crippen molar-refractivity contribution < 1.29 is 4.42 Å². The summed E-state index contributed by atoms with van der Waals surface area (Å²) >= 11 is 7.53. The van der Waals surface area contributed by atoms with E-state index in [1.54, 1.807) is 30.0 Å². The van der Waals surface area contributed by atoms with Crippen LogP contribution in [0, 0.1) is 4.77 Å². The fourth-order valence-corrected chi connectivity index (χ4v) is 4.12. The minimum Gasteiger partial charge on any atom is -0.467 e. The second-order valence-electron chi connectivity index (χ2n) is 6.60. The van der Waals surface area contributed by atoms with E-state index in [9.17, 15) is 0 Å². The molecule has 1 atom stereocenters. The molecule has 4 heterocycles. The van der Waals surface area contributed by atoms with E-state index in [4.69, 9.17) is 21.7 Å². The van der Waals surface area contributed by atoms with E-state index >= 15 is 0 Å². The first kappa shape index (κ1) is 18.8. The van der Waals surface area contributed by atoms with Crippen molar-refractivity contribution in [2.24, 2.45) is 0 Å². The van der Waals surface area contributed by atoms with Crippen LogP contribution in [0.15, 0.2) is 64.9 Å². The van der Waals surface area contributed by atoms with Crippen LogP contribution in [-0.4, -0.2) is 31.3 Å². The molecule has 0 aromatic carbocycles. The number of hydrogen-bond acceptors (Lipinski definition) is 6. The van der Waals surface area contributed by atoms with Gasteiger partial charge in [0, 0.05) is 28.9 Å². The Morgan fingerprint density at radius 3 is 2.82 bits per heavy atom. The highest BCUT2D eigenvalue weighted by atomic mass is 32.1. The van der Waals surface area contributed by atoms with Gasteiger partial charge < -0.3 is 4.42 Å². The van der Waals surface area contributed by atoms with Crippen LogP contribution in [0.4, 0.5) is 0 Å². The molecule has 0 unspecified atom stereocenters. The predicted molar refractivity (Wildman–Crippen MR) is 113 cm³/mol. The summed E-state index contributed by atoms with van der Waals surface area (Å²) in [4.78, 5) is 7.78. The summed E-state index contributed by atoms with van der Waals surface area (Å²) in [5.74, 6) is 1.62. The van der Waals surface area contributed by atoms with Gasteiger partial charge in [-0.15, -0.1) is 11.3 Å². The van der Waals surface area contributed by atoms with Crippen molar-refractivity contribution in [2.75, 3.05) is 7.05 Å². The van der Waals surface area contributed by atoms with Crippen molar-refractivity contribution in [3.05, 3.63) is 75.8 Å². The average molecular weight is 412 g/mol. The lowest BCUT2D eigenvalue weighted by Crippen LogP contribution is -2.25. The molecule has 4 rings (SSSR count). The maximum atomic E-state index is 5.77. The standard InChI is InChI=1S/C20H21N5OS2/c1-15(18-8-5-11-28-18)23(2)14-25-20(27)24(13-17-7-4-10-26-17)19(22-25)16-6-3-9-21-12-16/h3-12,15H,13-14H2,1-2H3/t15-/m1/s1. The third-order valence-electron chi connectivity index (χ3n) is 4.71. The van der Waals surface area contributed by atoms with Crippen LogP contribution in [0.25, 0.3) is 11.4 Å². The summed E-state index contributed by atoms with van der Waals surface area (Å²) < 4.78 is 10.0. The zero-order chi connectivity index (χ0) is 19.5. The average Bonchev–Trinajstić information content (AvgIpc) is 3.47. The molecule has 0 N–H and O–H groups in total. The topological polar surface area (TPSA) is 52.0 Å². The van der Waals surface area contributed by atoms with Gasteiger partial charge in [0.05, 0.1) is 19.5 Å². The Kier molecular flexibility index (Phi) is 5.52. The third-order valence-corrected chi connectivity index (χ3v) is 6.18. The third kappa shape index (κ3) is 3.84. The molecule has 0 radical (unpaired) electrons. The molecule has 0 bridgehead atoms. The SMILES string of the molecule is C[C@H](c1cccs1)N(C)Cn1nc(-c2cccnc2)n(Cc2ccco2)c1=S. The summed E-state index contributed by atoms with van der Waals surface area (Å²) in [7, 11) is 2.08. The van der Waals surface area contributed by atoms with E-state index in [0.717, 1.165) is 17.1 Å². The number of thiophene rings is 1. The van der Waals surface area contributed by atoms with Crippen LogP contribution >= 0.6 is 23.6 Å². The zero-order valence-corrected chi connectivity index (χ0v) is 17.4. The van der Waals surface area contributed by atoms with Crippen molar-refractivity contribution in [3.63, 3.8) is 0 Å². The summed E-state index contributed by atoms with van der Waals surface area (Å²) in [6, 6.07) is 12.2. The number of hydrogen-bond donors (Lipinski definition) is 0. The Hall–Kier alpha value is -2.55. The lowest BCUT2D eigenvalue weighted by Gasteiger charge is -2.23. The van der Waals surface area contributed by atoms with Crippen molar-refractivity contribution in [3.8, 4) is 11.4 Å². The lowest BCUT2D eigenvalue weighted by molar-refractivity contribution is 0.197. The van der Waals surface area contributed by atoms with Gasteiger partial charge in [-0.1, -0.05) is 6.07 Å². The molecule has 6 nitrogen and oxygen atoms in total. The smallest absolute Gasteiger partial charge is 0.199 e. The molecule has 0 saturated heterocycles. The molecule has 0 aliphatic rings. The maximum Gasteiger partial charge on any atom is 0.199 e. The number of nitrogens with zero attached hydrogens (tertiary/aromatic N) is 5. The fourth-order valence-electron chi connectivity index (χ4n) is 3.02. The minimum absolute atomic E-state index is 0.277. The molecule has 4 aromatic rings. The van der Waals surface area contributed by atoms with Gasteiger partial charge in [0.1, 0.15) is 5.76 Å². The second kappa shape index (κ2) is 8.22. The highest BCUT2D eigenvalue weighted by Gasteiger charge is 2.18. The molecular weight excluding hydrogens is 390 g/mol. The van der Waals surface area contributed by atoms with Crippen molar-refractivity contribution >= 4 is 23.6 Å². The molecule has 0 saturated carbocycles. The quantitative estimate of drug-likeness (QED) is 0.408. The predicted octanol–water partition coefficient (Wildman–Crippen LogP) is 4.83. The van der Waals surface area contributed by atoms with Gasteiger partial charge in [0.25, 0.3) is 0 Å². The molecule has 28 heavy (non-hydrogen) atoms. The lowest BCUT2D eigenvalue weighted by atomic mass is 10.2. The number of furan rings is 1. The molecule has 0 spiro atoms. The summed E-state index contributed by atoms with van der Waals surface area (Å²) in [6.45, 7) is 3.31. The Labute approximate surface area is 172 Å². The first-order valence-electron chi connectivity index (χ1n) is 8.97.